The number of esters is 1. The number of sulfonamides is 1. The van der Waals surface area contributed by atoms with Crippen molar-refractivity contribution in [2.24, 2.45) is 10.3 Å². The fourth-order valence-corrected chi connectivity index (χ4v) is 5.97. The minimum Gasteiger partial charge on any atom is -0.426 e. The van der Waals surface area contributed by atoms with Crippen molar-refractivity contribution >= 4 is 27.6 Å². The average molecular weight is 456 g/mol. The first kappa shape index (κ1) is 20.8. The lowest BCUT2D eigenvalue weighted by molar-refractivity contribution is -0.140. The van der Waals surface area contributed by atoms with Gasteiger partial charge in [0.2, 0.25) is 0 Å². The Kier molecular flexibility index (Phi) is 4.88. The van der Waals surface area contributed by atoms with Crippen molar-refractivity contribution in [1.29, 1.82) is 0 Å². The number of likely N-dealkylation sites (tertiary alicyclic amines) is 1. The minimum absolute atomic E-state index is 0.114. The Morgan fingerprint density at radius 2 is 1.88 bits per heavy atom. The zero-order chi connectivity index (χ0) is 22.6. The summed E-state index contributed by atoms with van der Waals surface area (Å²) in [5.41, 5.74) is 1.06. The van der Waals surface area contributed by atoms with Gasteiger partial charge in [-0.2, -0.15) is 8.42 Å². The Balaban J connectivity index is 1.30. The van der Waals surface area contributed by atoms with Gasteiger partial charge in [0, 0.05) is 30.6 Å². The van der Waals surface area contributed by atoms with Crippen LogP contribution in [0.25, 0.3) is 0 Å². The van der Waals surface area contributed by atoms with Crippen LogP contribution in [-0.4, -0.2) is 44.0 Å². The smallest absolute Gasteiger partial charge is 0.314 e. The summed E-state index contributed by atoms with van der Waals surface area (Å²) in [6, 6.07) is 9.26. The highest BCUT2D eigenvalue weighted by Crippen LogP contribution is 2.40. The summed E-state index contributed by atoms with van der Waals surface area (Å²) in [6.45, 7) is 2.66. The van der Waals surface area contributed by atoms with Gasteiger partial charge in [-0.15, -0.1) is 4.40 Å². The van der Waals surface area contributed by atoms with E-state index in [0.29, 0.717) is 42.9 Å². The lowest BCUT2D eigenvalue weighted by atomic mass is 9.96. The maximum absolute atomic E-state index is 14.2. The van der Waals surface area contributed by atoms with Gasteiger partial charge in [0.15, 0.2) is 11.6 Å². The molecule has 1 atom stereocenters. The number of amidine groups is 1. The van der Waals surface area contributed by atoms with Crippen molar-refractivity contribution in [3.8, 4) is 5.75 Å². The highest BCUT2D eigenvalue weighted by atomic mass is 32.2. The van der Waals surface area contributed by atoms with Gasteiger partial charge in [-0.25, -0.2) is 4.39 Å². The van der Waals surface area contributed by atoms with Crippen molar-refractivity contribution in [3.05, 3.63) is 58.9 Å². The largest absolute Gasteiger partial charge is 0.426 e. The Bertz CT molecular complexity index is 1280. The van der Waals surface area contributed by atoms with E-state index in [1.165, 1.54) is 18.2 Å². The SMILES string of the molecule is CC1CC(=O)c2c(OC(=O)C3CCN(C4=NS(=O)(=O)c5ccccc54)CC3)ccc(F)c21. The lowest BCUT2D eigenvalue weighted by Gasteiger charge is -2.32. The number of rotatable bonds is 2. The molecule has 1 fully saturated rings. The quantitative estimate of drug-likeness (QED) is 0.509. The van der Waals surface area contributed by atoms with Crippen molar-refractivity contribution in [1.82, 2.24) is 4.90 Å². The number of ketones is 1. The fourth-order valence-electron chi connectivity index (χ4n) is 4.75. The molecule has 0 aromatic heterocycles. The maximum atomic E-state index is 14.2. The fraction of sp³-hybridized carbons (Fsp3) is 0.348. The van der Waals surface area contributed by atoms with Crippen LogP contribution in [0.1, 0.15) is 53.6 Å². The molecule has 1 unspecified atom stereocenters. The molecule has 0 spiro atoms. The van der Waals surface area contributed by atoms with Gasteiger partial charge in [-0.1, -0.05) is 19.1 Å². The third-order valence-corrected chi connectivity index (χ3v) is 7.69. The van der Waals surface area contributed by atoms with Crippen molar-refractivity contribution in [3.63, 3.8) is 0 Å². The Labute approximate surface area is 185 Å². The third kappa shape index (κ3) is 3.31. The maximum Gasteiger partial charge on any atom is 0.314 e. The van der Waals surface area contributed by atoms with E-state index in [2.05, 4.69) is 4.40 Å². The first-order valence-corrected chi connectivity index (χ1v) is 12.0. The highest BCUT2D eigenvalue weighted by molar-refractivity contribution is 7.90. The molecule has 3 aliphatic rings. The van der Waals surface area contributed by atoms with Gasteiger partial charge >= 0.3 is 5.97 Å². The summed E-state index contributed by atoms with van der Waals surface area (Å²) < 4.78 is 48.3. The number of carbonyl (C=O) groups excluding carboxylic acids is 2. The van der Waals surface area contributed by atoms with Gasteiger partial charge in [-0.3, -0.25) is 9.59 Å². The molecule has 0 radical (unpaired) electrons. The van der Waals surface area contributed by atoms with E-state index < -0.39 is 27.7 Å². The third-order valence-electron chi connectivity index (χ3n) is 6.37. The lowest BCUT2D eigenvalue weighted by Crippen LogP contribution is -2.41. The van der Waals surface area contributed by atoms with E-state index in [0.717, 1.165) is 0 Å². The summed E-state index contributed by atoms with van der Waals surface area (Å²) >= 11 is 0. The number of benzene rings is 2. The molecular formula is C23H21FN2O5S. The van der Waals surface area contributed by atoms with Crippen LogP contribution in [0.5, 0.6) is 5.75 Å². The van der Waals surface area contributed by atoms with Crippen LogP contribution in [0.15, 0.2) is 45.7 Å². The minimum atomic E-state index is -3.70. The highest BCUT2D eigenvalue weighted by Gasteiger charge is 2.37. The van der Waals surface area contributed by atoms with E-state index in [1.807, 2.05) is 4.90 Å². The van der Waals surface area contributed by atoms with Crippen LogP contribution in [0, 0.1) is 11.7 Å². The molecule has 166 valence electrons. The molecule has 2 aliphatic heterocycles. The summed E-state index contributed by atoms with van der Waals surface area (Å²) in [4.78, 5) is 27.2. The second-order valence-electron chi connectivity index (χ2n) is 8.43. The predicted molar refractivity (Wildman–Crippen MR) is 114 cm³/mol. The number of carbonyl (C=O) groups is 2. The number of fused-ring (bicyclic) bond motifs is 2. The number of ether oxygens (including phenoxy) is 1. The molecule has 7 nitrogen and oxygen atoms in total. The van der Waals surface area contributed by atoms with Crippen LogP contribution in [0.3, 0.4) is 0 Å². The number of hydrogen-bond donors (Lipinski definition) is 0. The first-order valence-electron chi connectivity index (χ1n) is 10.5. The topological polar surface area (TPSA) is 93.1 Å². The van der Waals surface area contributed by atoms with Crippen LogP contribution < -0.4 is 4.74 Å². The predicted octanol–water partition coefficient (Wildman–Crippen LogP) is 3.28. The molecule has 9 heteroatoms. The van der Waals surface area contributed by atoms with Crippen molar-refractivity contribution in [2.75, 3.05) is 13.1 Å². The number of Topliss-reactive ketones (excluding diaryl/α,β-unsaturated/α-hetero) is 1. The monoisotopic (exact) mass is 456 g/mol. The number of piperidine rings is 1. The Morgan fingerprint density at radius 3 is 2.62 bits per heavy atom. The van der Waals surface area contributed by atoms with Gasteiger partial charge in [0.1, 0.15) is 16.5 Å². The average Bonchev–Trinajstić information content (AvgIpc) is 3.23. The van der Waals surface area contributed by atoms with Crippen molar-refractivity contribution in [2.45, 2.75) is 37.0 Å². The molecule has 0 amide bonds. The van der Waals surface area contributed by atoms with Crippen LogP contribution in [-0.2, 0) is 14.8 Å². The van der Waals surface area contributed by atoms with E-state index >= 15 is 0 Å². The summed E-state index contributed by atoms with van der Waals surface area (Å²) in [5.74, 6) is -1.28. The molecule has 2 aromatic rings. The molecule has 5 rings (SSSR count). The second kappa shape index (κ2) is 7.51. The summed E-state index contributed by atoms with van der Waals surface area (Å²) in [5, 5.41) is 0. The van der Waals surface area contributed by atoms with E-state index in [4.69, 9.17) is 4.74 Å². The standard InChI is InChI=1S/C23H21FN2O5S/c1-13-12-17(27)21-18(7-6-16(24)20(13)21)31-23(28)14-8-10-26(11-9-14)22-15-4-2-3-5-19(15)32(29,30)25-22/h2-7,13-14H,8-12H2,1H3. The molecule has 1 aliphatic carbocycles. The molecule has 0 N–H and O–H groups in total. The van der Waals surface area contributed by atoms with Crippen LogP contribution in [0.2, 0.25) is 0 Å². The number of nitrogens with zero attached hydrogens (tertiary/aromatic N) is 2. The van der Waals surface area contributed by atoms with Gasteiger partial charge in [0.05, 0.1) is 11.5 Å². The zero-order valence-corrected chi connectivity index (χ0v) is 18.2. The summed E-state index contributed by atoms with van der Waals surface area (Å²) in [6.07, 6.45) is 1.10. The van der Waals surface area contributed by atoms with Gasteiger partial charge < -0.3 is 9.64 Å². The zero-order valence-electron chi connectivity index (χ0n) is 17.4. The molecular weight excluding hydrogens is 435 g/mol. The molecule has 2 aromatic carbocycles. The molecule has 2 heterocycles. The molecule has 0 saturated carbocycles. The Morgan fingerprint density at radius 1 is 1.16 bits per heavy atom. The van der Waals surface area contributed by atoms with E-state index in [-0.39, 0.29) is 34.3 Å². The van der Waals surface area contributed by atoms with E-state index in [1.54, 1.807) is 25.1 Å². The first-order chi connectivity index (χ1) is 15.3. The molecule has 1 saturated heterocycles. The van der Waals surface area contributed by atoms with Gasteiger partial charge in [0.25, 0.3) is 10.0 Å². The number of halogens is 1. The molecule has 32 heavy (non-hydrogen) atoms. The van der Waals surface area contributed by atoms with Gasteiger partial charge in [-0.05, 0) is 43.0 Å². The number of hydrogen-bond acceptors (Lipinski definition) is 6. The van der Waals surface area contributed by atoms with E-state index in [9.17, 15) is 22.4 Å². The normalized spacial score (nSPS) is 21.8. The second-order valence-corrected chi connectivity index (χ2v) is 10.0. The molecule has 0 bridgehead atoms. The van der Waals surface area contributed by atoms with Crippen molar-refractivity contribution < 1.29 is 27.1 Å². The van der Waals surface area contributed by atoms with Crippen LogP contribution in [0.4, 0.5) is 4.39 Å². The summed E-state index contributed by atoms with van der Waals surface area (Å²) in [7, 11) is -3.70. The van der Waals surface area contributed by atoms with Crippen LogP contribution >= 0.6 is 0 Å². The Hall–Kier alpha value is -3.07.